The minimum absolute atomic E-state index is 0.00234. The molecule has 0 radical (unpaired) electrons. The van der Waals surface area contributed by atoms with Gasteiger partial charge in [-0.3, -0.25) is 19.2 Å². The zero-order valence-electron chi connectivity index (χ0n) is 39.5. The van der Waals surface area contributed by atoms with Crippen LogP contribution in [0.5, 0.6) is 17.2 Å². The highest BCUT2D eigenvalue weighted by Gasteiger charge is 2.44. The minimum Gasteiger partial charge on any atom is -0.506 e. The van der Waals surface area contributed by atoms with Gasteiger partial charge in [-0.2, -0.15) is 13.2 Å². The van der Waals surface area contributed by atoms with Gasteiger partial charge in [-0.25, -0.2) is 0 Å². The molecule has 0 saturated heterocycles. The van der Waals surface area contributed by atoms with E-state index in [2.05, 4.69) is 101 Å². The second-order valence-electron chi connectivity index (χ2n) is 16.0. The molecule has 27 heteroatoms. The number of aliphatic hydroxyl groups is 1. The minimum atomic E-state index is -4.50. The fourth-order valence-electron chi connectivity index (χ4n) is 6.41. The first-order chi connectivity index (χ1) is 37.4. The largest absolute Gasteiger partial charge is 0.506 e. The molecule has 80 heavy (non-hydrogen) atoms. The zero-order chi connectivity index (χ0) is 59.4. The Hall–Kier alpha value is -4.52. The second kappa shape index (κ2) is 29.6. The van der Waals surface area contributed by atoms with E-state index in [1.165, 1.54) is 48.6 Å². The number of phenols is 3. The smallest absolute Gasteiger partial charge is 0.416 e. The number of nitrogens with one attached hydrogen (secondary N) is 4. The summed E-state index contributed by atoms with van der Waals surface area (Å²) in [6.07, 6.45) is -1.87. The second-order valence-corrected chi connectivity index (χ2v) is 23.6. The molecule has 0 saturated carbocycles. The number of allylic oxidation sites excluding steroid dienone is 2. The summed E-state index contributed by atoms with van der Waals surface area (Å²) in [5, 5.41) is 49.1. The quantitative estimate of drug-likeness (QED) is 0.0688. The maximum absolute atomic E-state index is 12.6. The number of anilines is 4. The highest BCUT2D eigenvalue weighted by atomic mass is 79.9. The van der Waals surface area contributed by atoms with E-state index < -0.39 is 40.4 Å². The van der Waals surface area contributed by atoms with Crippen LogP contribution in [-0.2, 0) is 11.0 Å². The van der Waals surface area contributed by atoms with Gasteiger partial charge in [0.05, 0.1) is 41.3 Å². The molecular formula is C53H33Br5Cl7F3N4O8. The van der Waals surface area contributed by atoms with Crippen LogP contribution in [0.1, 0.15) is 36.6 Å². The third-order valence-corrected chi connectivity index (χ3v) is 15.0. The lowest BCUT2D eigenvalue weighted by Gasteiger charge is -2.30. The van der Waals surface area contributed by atoms with Crippen molar-refractivity contribution in [1.82, 2.24) is 0 Å². The predicted octanol–water partition coefficient (Wildman–Crippen LogP) is 18.8. The Kier molecular flexibility index (Phi) is 24.6. The number of aromatic hydroxyl groups is 3. The van der Waals surface area contributed by atoms with E-state index in [9.17, 15) is 52.8 Å². The van der Waals surface area contributed by atoms with Crippen molar-refractivity contribution in [3.05, 3.63) is 220 Å². The Morgan fingerprint density at radius 3 is 1.41 bits per heavy atom. The molecule has 8 N–H and O–H groups in total. The highest BCUT2D eigenvalue weighted by molar-refractivity contribution is 9.11. The van der Waals surface area contributed by atoms with Gasteiger partial charge in [0.25, 0.3) is 17.7 Å². The van der Waals surface area contributed by atoms with E-state index in [4.69, 9.17) is 81.2 Å². The highest BCUT2D eigenvalue weighted by Crippen LogP contribution is 2.41. The van der Waals surface area contributed by atoms with Crippen molar-refractivity contribution in [2.75, 3.05) is 21.3 Å². The van der Waals surface area contributed by atoms with Crippen molar-refractivity contribution in [2.45, 2.75) is 11.2 Å². The molecule has 2 unspecified atom stereocenters. The predicted molar refractivity (Wildman–Crippen MR) is 328 cm³/mol. The number of carbonyl (C=O) groups is 4. The van der Waals surface area contributed by atoms with Crippen LogP contribution in [0, 0.1) is 5.92 Å². The Bertz CT molecular complexity index is 3550. The fourth-order valence-corrected chi connectivity index (χ4v) is 10.7. The maximum atomic E-state index is 12.6. The Balaban J connectivity index is 0.000000196. The molecule has 0 spiro atoms. The fraction of sp³-hybridized carbons (Fsp3) is 0.0566. The average Bonchev–Trinajstić information content (AvgIpc) is 3.38. The summed E-state index contributed by atoms with van der Waals surface area (Å²) in [5.74, 6) is -3.98. The SMILES string of the molecule is O=C(Nc1ccc(Br)cc1)c1cc(Br)cc(Br)c1O.O=C(Nc1cccc(C(F)(F)F)c1)c1cc(Br)cc(Br)c1O.O=C(Nc1cccc(Cl)c1)C1C=C(Cl)C=C(Cl)C1(O)Cl.O=C(Nc1cccc(Cl)c1)c1cc(Cl)cc(Cl)c1O. The normalized spacial score (nSPS) is 14.4. The van der Waals surface area contributed by atoms with Crippen molar-refractivity contribution >= 4 is 207 Å². The summed E-state index contributed by atoms with van der Waals surface area (Å²) in [6.45, 7) is 0. The lowest BCUT2D eigenvalue weighted by Crippen LogP contribution is -2.41. The van der Waals surface area contributed by atoms with Crippen molar-refractivity contribution in [3.63, 3.8) is 0 Å². The molecule has 8 rings (SSSR count). The van der Waals surface area contributed by atoms with Crippen molar-refractivity contribution in [3.8, 4) is 17.2 Å². The molecule has 418 valence electrons. The molecule has 0 aromatic heterocycles. The van der Waals surface area contributed by atoms with Gasteiger partial charge < -0.3 is 41.7 Å². The van der Waals surface area contributed by atoms with Crippen LogP contribution < -0.4 is 21.3 Å². The molecular weight excluding hydrogens is 1530 g/mol. The number of hydrogen-bond acceptors (Lipinski definition) is 8. The van der Waals surface area contributed by atoms with Gasteiger partial charge in [-0.15, -0.1) is 0 Å². The number of alkyl halides is 4. The maximum Gasteiger partial charge on any atom is 0.416 e. The average molecular weight is 1560 g/mol. The van der Waals surface area contributed by atoms with Gasteiger partial charge in [0.2, 0.25) is 5.91 Å². The Labute approximate surface area is 530 Å². The van der Waals surface area contributed by atoms with Gasteiger partial charge >= 0.3 is 6.18 Å². The Morgan fingerprint density at radius 1 is 0.500 bits per heavy atom. The molecule has 0 bridgehead atoms. The molecule has 7 aromatic carbocycles. The lowest BCUT2D eigenvalue weighted by molar-refractivity contribution is -0.137. The zero-order valence-corrected chi connectivity index (χ0v) is 52.7. The summed E-state index contributed by atoms with van der Waals surface area (Å²) >= 11 is 56.8. The summed E-state index contributed by atoms with van der Waals surface area (Å²) < 4.78 is 40.8. The number of phenolic OH excluding ortho intramolecular Hbond substituents is 3. The van der Waals surface area contributed by atoms with Crippen molar-refractivity contribution < 1.29 is 52.8 Å². The van der Waals surface area contributed by atoms with E-state index >= 15 is 0 Å². The van der Waals surface area contributed by atoms with Gasteiger partial charge in [0.1, 0.15) is 23.2 Å². The number of halogens is 15. The number of carbonyl (C=O) groups excluding carboxylic acids is 4. The number of rotatable bonds is 8. The van der Waals surface area contributed by atoms with E-state index in [0.29, 0.717) is 40.5 Å². The number of benzene rings is 7. The third-order valence-electron chi connectivity index (χ3n) is 10.2. The molecule has 0 heterocycles. The molecule has 2 atom stereocenters. The third kappa shape index (κ3) is 19.3. The van der Waals surface area contributed by atoms with Crippen molar-refractivity contribution in [2.24, 2.45) is 5.92 Å². The van der Waals surface area contributed by atoms with Gasteiger partial charge in [-0.1, -0.05) is 147 Å². The molecule has 1 aliphatic rings. The molecule has 7 aromatic rings. The number of amides is 4. The molecule has 4 amide bonds. The van der Waals surface area contributed by atoms with Crippen LogP contribution in [0.3, 0.4) is 0 Å². The summed E-state index contributed by atoms with van der Waals surface area (Å²) in [6, 6.07) is 33.5. The molecule has 0 aliphatic heterocycles. The van der Waals surface area contributed by atoms with E-state index in [-0.39, 0.29) is 70.1 Å². The van der Waals surface area contributed by atoms with Crippen LogP contribution in [0.25, 0.3) is 0 Å². The van der Waals surface area contributed by atoms with E-state index in [1.807, 2.05) is 12.1 Å². The molecule has 1 aliphatic carbocycles. The topological polar surface area (TPSA) is 197 Å². The lowest BCUT2D eigenvalue weighted by atomic mass is 9.95. The van der Waals surface area contributed by atoms with Gasteiger partial charge in [0, 0.05) is 56.3 Å². The Morgan fingerprint density at radius 2 is 0.938 bits per heavy atom. The first kappa shape index (κ1) is 66.3. The van der Waals surface area contributed by atoms with Gasteiger partial charge in [0.15, 0.2) is 5.06 Å². The number of hydrogen-bond donors (Lipinski definition) is 8. The van der Waals surface area contributed by atoms with E-state index in [0.717, 1.165) is 16.6 Å². The molecule has 0 fully saturated rings. The first-order valence-corrected chi connectivity index (χ1v) is 28.4. The molecule has 12 nitrogen and oxygen atoms in total. The van der Waals surface area contributed by atoms with Crippen LogP contribution >= 0.6 is 161 Å². The van der Waals surface area contributed by atoms with Crippen LogP contribution in [0.4, 0.5) is 35.9 Å². The van der Waals surface area contributed by atoms with Crippen LogP contribution in [-0.4, -0.2) is 49.1 Å². The summed E-state index contributed by atoms with van der Waals surface area (Å²) in [7, 11) is 0. The monoisotopic (exact) mass is 1550 g/mol. The van der Waals surface area contributed by atoms with Crippen LogP contribution in [0.2, 0.25) is 20.1 Å². The van der Waals surface area contributed by atoms with Crippen molar-refractivity contribution in [1.29, 1.82) is 0 Å². The first-order valence-electron chi connectivity index (χ1n) is 21.8. The summed E-state index contributed by atoms with van der Waals surface area (Å²) in [5.41, 5.74) is 0.877. The standard InChI is InChI=1S/C14H8Br2F3NO2.C13H8Br3NO2.C13H9Cl4NO2.C13H8Cl3NO2/c15-8-5-10(12(21)11(16)6-8)13(22)20-9-3-1-2-7(4-9)14(17,18)19;14-7-1-3-9(4-2-7)17-13(19)10-5-8(15)6-11(16)12(10)18;14-7-2-1-3-9(4-7)18-12(19)10-5-8(15)6-11(16)13(10,17)20;14-7-2-1-3-9(4-7)17-13(19)10-5-8(15)6-11(16)12(10)18/h1-6,21H,(H,20,22);1-6,18H,(H,17,19);1-6,10,20H,(H,18,19);1-6,18H,(H,17,19). The van der Waals surface area contributed by atoms with E-state index in [1.54, 1.807) is 72.8 Å². The van der Waals surface area contributed by atoms with Crippen LogP contribution in [0.15, 0.2) is 178 Å². The summed E-state index contributed by atoms with van der Waals surface area (Å²) in [4.78, 5) is 48.4. The van der Waals surface area contributed by atoms with Gasteiger partial charge in [-0.05, 0) is 159 Å².